The summed E-state index contributed by atoms with van der Waals surface area (Å²) in [7, 11) is -6.00. The molecule has 0 saturated carbocycles. The molecule has 0 radical (unpaired) electrons. The zero-order chi connectivity index (χ0) is 13.6. The molecule has 1 aliphatic heterocycles. The van der Waals surface area contributed by atoms with Gasteiger partial charge in [0, 0.05) is 30.0 Å². The molecular formula is C9H11BF4NO2-. The molecule has 0 spiro atoms. The molecule has 3 nitrogen and oxygen atoms in total. The number of carbonyl (C=O) groups excluding carboxylic acids is 2. The third kappa shape index (κ3) is 8.24. The molecule has 1 heterocycles. The predicted octanol–water partition coefficient (Wildman–Crippen LogP) is 2.23. The Kier molecular flexibility index (Phi) is 5.63. The monoisotopic (exact) mass is 252 g/mol. The molecule has 96 valence electrons. The second kappa shape index (κ2) is 6.22. The summed E-state index contributed by atoms with van der Waals surface area (Å²) in [5.41, 5.74) is 1.31. The van der Waals surface area contributed by atoms with E-state index in [1.807, 2.05) is 0 Å². The third-order valence-corrected chi connectivity index (χ3v) is 1.80. The third-order valence-electron chi connectivity index (χ3n) is 1.80. The Morgan fingerprint density at radius 2 is 1.35 bits per heavy atom. The van der Waals surface area contributed by atoms with Crippen LogP contribution in [0.4, 0.5) is 17.3 Å². The highest BCUT2D eigenvalue weighted by molar-refractivity contribution is 6.50. The van der Waals surface area contributed by atoms with Crippen molar-refractivity contribution in [3.63, 3.8) is 0 Å². The van der Waals surface area contributed by atoms with Crippen molar-refractivity contribution in [2.75, 3.05) is 0 Å². The van der Waals surface area contributed by atoms with Gasteiger partial charge in [-0.2, -0.15) is 0 Å². The normalized spacial score (nSPS) is 14.7. The number of nitrogens with one attached hydrogen (secondary N) is 1. The number of halogens is 4. The SMILES string of the molecule is CC(=O)C1=CNC=C(C(C)=O)C1.F[B-](F)(F)F. The van der Waals surface area contributed by atoms with E-state index >= 15 is 0 Å². The number of hydrogen-bond donors (Lipinski definition) is 1. The molecule has 0 saturated heterocycles. The van der Waals surface area contributed by atoms with E-state index in [4.69, 9.17) is 0 Å². The van der Waals surface area contributed by atoms with Gasteiger partial charge in [0.05, 0.1) is 0 Å². The lowest BCUT2D eigenvalue weighted by molar-refractivity contribution is -0.113. The van der Waals surface area contributed by atoms with Gasteiger partial charge in [0.2, 0.25) is 0 Å². The lowest BCUT2D eigenvalue weighted by atomic mass is 10.00. The molecule has 0 aromatic heterocycles. The maximum Gasteiger partial charge on any atom is 0.673 e. The zero-order valence-corrected chi connectivity index (χ0v) is 9.27. The van der Waals surface area contributed by atoms with Crippen molar-refractivity contribution in [3.8, 4) is 0 Å². The molecule has 17 heavy (non-hydrogen) atoms. The number of carbonyl (C=O) groups is 2. The lowest BCUT2D eigenvalue weighted by Gasteiger charge is -2.11. The molecule has 8 heteroatoms. The molecule has 1 rings (SSSR count). The molecule has 0 aliphatic carbocycles. The van der Waals surface area contributed by atoms with Gasteiger partial charge in [0.25, 0.3) is 0 Å². The number of Topliss-reactive ketones (excluding diaryl/α,β-unsaturated/α-hetero) is 2. The lowest BCUT2D eigenvalue weighted by Crippen LogP contribution is -2.14. The first-order chi connectivity index (χ1) is 7.61. The van der Waals surface area contributed by atoms with Gasteiger partial charge < -0.3 is 22.6 Å². The highest BCUT2D eigenvalue weighted by atomic mass is 19.5. The Morgan fingerprint density at radius 3 is 1.59 bits per heavy atom. The van der Waals surface area contributed by atoms with Crippen LogP contribution >= 0.6 is 0 Å². The van der Waals surface area contributed by atoms with E-state index in [0.717, 1.165) is 0 Å². The van der Waals surface area contributed by atoms with Crippen LogP contribution in [-0.2, 0) is 9.59 Å². The van der Waals surface area contributed by atoms with Gasteiger partial charge in [-0.15, -0.1) is 0 Å². The molecule has 0 aromatic rings. The van der Waals surface area contributed by atoms with Crippen LogP contribution < -0.4 is 5.32 Å². The van der Waals surface area contributed by atoms with Gasteiger partial charge >= 0.3 is 7.25 Å². The topological polar surface area (TPSA) is 46.2 Å². The summed E-state index contributed by atoms with van der Waals surface area (Å²) >= 11 is 0. The maximum absolute atomic E-state index is 10.9. The van der Waals surface area contributed by atoms with Gasteiger partial charge in [-0.1, -0.05) is 0 Å². The van der Waals surface area contributed by atoms with E-state index in [9.17, 15) is 26.9 Å². The number of allylic oxidation sites excluding steroid dienone is 2. The first-order valence-corrected chi connectivity index (χ1v) is 4.64. The average Bonchev–Trinajstić information content (AvgIpc) is 2.15. The van der Waals surface area contributed by atoms with E-state index < -0.39 is 7.25 Å². The van der Waals surface area contributed by atoms with E-state index in [0.29, 0.717) is 17.6 Å². The van der Waals surface area contributed by atoms with Crippen LogP contribution in [-0.4, -0.2) is 18.8 Å². The second-order valence-electron chi connectivity index (χ2n) is 3.29. The van der Waals surface area contributed by atoms with E-state index in [1.165, 1.54) is 13.8 Å². The Hall–Kier alpha value is -1.60. The zero-order valence-electron chi connectivity index (χ0n) is 9.27. The number of hydrogen-bond acceptors (Lipinski definition) is 3. The summed E-state index contributed by atoms with van der Waals surface area (Å²) in [5.74, 6) is 0.0173. The minimum absolute atomic E-state index is 0.00866. The molecule has 0 atom stereocenters. The fourth-order valence-corrected chi connectivity index (χ4v) is 1.00. The molecule has 0 amide bonds. The van der Waals surface area contributed by atoms with Gasteiger partial charge in [-0.05, 0) is 13.8 Å². The minimum Gasteiger partial charge on any atom is -0.418 e. The van der Waals surface area contributed by atoms with Crippen molar-refractivity contribution < 1.29 is 26.9 Å². The van der Waals surface area contributed by atoms with Crippen molar-refractivity contribution in [1.29, 1.82) is 0 Å². The Labute approximate surface area is 95.7 Å². The standard InChI is InChI=1S/C9H11NO2.BF4/c1-6(11)8-3-9(7(2)12)5-10-4-8;2-1(3,4)5/h4-5,10H,3H2,1-2H3;/q;-1. The summed E-state index contributed by atoms with van der Waals surface area (Å²) < 4.78 is 39.0. The highest BCUT2D eigenvalue weighted by Gasteiger charge is 2.20. The van der Waals surface area contributed by atoms with Gasteiger partial charge in [0.15, 0.2) is 11.6 Å². The van der Waals surface area contributed by atoms with Crippen LogP contribution in [0.2, 0.25) is 0 Å². The largest absolute Gasteiger partial charge is 0.673 e. The Morgan fingerprint density at radius 1 is 1.06 bits per heavy atom. The highest BCUT2D eigenvalue weighted by Crippen LogP contribution is 2.14. The van der Waals surface area contributed by atoms with Crippen LogP contribution in [0.25, 0.3) is 0 Å². The van der Waals surface area contributed by atoms with Crippen LogP contribution in [0.3, 0.4) is 0 Å². The van der Waals surface area contributed by atoms with Crippen LogP contribution in [0.1, 0.15) is 20.3 Å². The van der Waals surface area contributed by atoms with E-state index in [2.05, 4.69) is 5.32 Å². The van der Waals surface area contributed by atoms with Crippen molar-refractivity contribution in [2.45, 2.75) is 20.3 Å². The van der Waals surface area contributed by atoms with Gasteiger partial charge in [-0.3, -0.25) is 9.59 Å². The van der Waals surface area contributed by atoms with Crippen LogP contribution in [0.5, 0.6) is 0 Å². The summed E-state index contributed by atoms with van der Waals surface area (Å²) in [5, 5.41) is 2.78. The Balaban J connectivity index is 0.000000437. The molecule has 0 aromatic carbocycles. The van der Waals surface area contributed by atoms with Crippen molar-refractivity contribution >= 4 is 18.8 Å². The second-order valence-corrected chi connectivity index (χ2v) is 3.29. The summed E-state index contributed by atoms with van der Waals surface area (Å²) in [6.45, 7) is 2.99. The number of dihydropyridines is 1. The number of rotatable bonds is 2. The molecule has 1 aliphatic rings. The maximum atomic E-state index is 10.9. The minimum atomic E-state index is -6.00. The molecule has 0 fully saturated rings. The predicted molar refractivity (Wildman–Crippen MR) is 55.5 cm³/mol. The summed E-state index contributed by atoms with van der Waals surface area (Å²) in [6, 6.07) is 0. The average molecular weight is 252 g/mol. The van der Waals surface area contributed by atoms with Gasteiger partial charge in [-0.25, -0.2) is 0 Å². The molecule has 1 N–H and O–H groups in total. The van der Waals surface area contributed by atoms with E-state index in [-0.39, 0.29) is 11.6 Å². The van der Waals surface area contributed by atoms with E-state index in [1.54, 1.807) is 12.4 Å². The van der Waals surface area contributed by atoms with Gasteiger partial charge in [0.1, 0.15) is 0 Å². The van der Waals surface area contributed by atoms with Crippen molar-refractivity contribution in [3.05, 3.63) is 23.5 Å². The van der Waals surface area contributed by atoms with Crippen molar-refractivity contribution in [1.82, 2.24) is 5.32 Å². The first-order valence-electron chi connectivity index (χ1n) is 4.64. The smallest absolute Gasteiger partial charge is 0.418 e. The van der Waals surface area contributed by atoms with Crippen LogP contribution in [0.15, 0.2) is 23.5 Å². The fourth-order valence-electron chi connectivity index (χ4n) is 1.00. The fraction of sp³-hybridized carbons (Fsp3) is 0.333. The summed E-state index contributed by atoms with van der Waals surface area (Å²) in [6.07, 6.45) is 3.72. The Bertz CT molecular complexity index is 340. The first kappa shape index (κ1) is 15.4. The number of ketones is 2. The molecule has 0 unspecified atom stereocenters. The van der Waals surface area contributed by atoms with Crippen molar-refractivity contribution in [2.24, 2.45) is 0 Å². The van der Waals surface area contributed by atoms with Crippen LogP contribution in [0, 0.1) is 0 Å². The summed E-state index contributed by atoms with van der Waals surface area (Å²) in [4.78, 5) is 21.8. The quantitative estimate of drug-likeness (QED) is 0.605. The molecular weight excluding hydrogens is 241 g/mol. The molecule has 0 bridgehead atoms.